The molecule has 1 atom stereocenters. The Labute approximate surface area is 179 Å². The summed E-state index contributed by atoms with van der Waals surface area (Å²) in [5.41, 5.74) is 1.79. The van der Waals surface area contributed by atoms with E-state index in [1.54, 1.807) is 7.11 Å². The minimum Gasteiger partial charge on any atom is -0.496 e. The molecular weight excluding hydrogens is 400 g/mol. The fraction of sp³-hybridized carbons (Fsp3) is 0.429. The lowest BCUT2D eigenvalue weighted by Gasteiger charge is -2.35. The second-order valence-corrected chi connectivity index (χ2v) is 8.33. The SMILES string of the molecule is COc1ccccc1C(CNC(=O)c1sc(-c2ncn[nH]2)nc1C)N1CCCCC1. The van der Waals surface area contributed by atoms with Crippen LogP contribution in [0.2, 0.25) is 0 Å². The number of para-hydroxylation sites is 1. The maximum atomic E-state index is 13.0. The molecule has 0 saturated carbocycles. The minimum atomic E-state index is -0.118. The Morgan fingerprint density at radius 1 is 1.30 bits per heavy atom. The van der Waals surface area contributed by atoms with Gasteiger partial charge in [0.15, 0.2) is 10.8 Å². The van der Waals surface area contributed by atoms with Crippen molar-refractivity contribution in [1.29, 1.82) is 0 Å². The van der Waals surface area contributed by atoms with Crippen LogP contribution in [0.3, 0.4) is 0 Å². The summed E-state index contributed by atoms with van der Waals surface area (Å²) in [5, 5.41) is 10.4. The number of aryl methyl sites for hydroxylation is 1. The standard InChI is InChI=1S/C21H26N6O2S/c1-14-18(30-21(25-14)19-23-13-24-26-19)20(28)22-12-16(27-10-6-3-7-11-27)15-8-4-5-9-17(15)29-2/h4-5,8-9,13,16H,3,6-7,10-12H2,1-2H3,(H,22,28)(H,23,24,26). The van der Waals surface area contributed by atoms with Crippen molar-refractivity contribution in [3.63, 3.8) is 0 Å². The fourth-order valence-electron chi connectivity index (χ4n) is 3.89. The highest BCUT2D eigenvalue weighted by atomic mass is 32.1. The highest BCUT2D eigenvalue weighted by molar-refractivity contribution is 7.17. The summed E-state index contributed by atoms with van der Waals surface area (Å²) in [6.45, 7) is 4.39. The number of methoxy groups -OCH3 is 1. The zero-order valence-electron chi connectivity index (χ0n) is 17.2. The number of carbonyl (C=O) groups excluding carboxylic acids is 1. The van der Waals surface area contributed by atoms with Crippen LogP contribution in [-0.2, 0) is 0 Å². The van der Waals surface area contributed by atoms with E-state index in [0.717, 1.165) is 24.4 Å². The number of amides is 1. The zero-order chi connectivity index (χ0) is 20.9. The van der Waals surface area contributed by atoms with Crippen molar-refractivity contribution < 1.29 is 9.53 Å². The molecule has 1 amide bonds. The summed E-state index contributed by atoms with van der Waals surface area (Å²) in [4.78, 5) is 24.6. The number of hydrogen-bond donors (Lipinski definition) is 2. The van der Waals surface area contributed by atoms with Crippen molar-refractivity contribution in [3.8, 4) is 16.6 Å². The lowest BCUT2D eigenvalue weighted by Crippen LogP contribution is -2.40. The Bertz CT molecular complexity index is 981. The van der Waals surface area contributed by atoms with E-state index in [4.69, 9.17) is 4.74 Å². The molecule has 0 radical (unpaired) electrons. The van der Waals surface area contributed by atoms with E-state index in [1.807, 2.05) is 25.1 Å². The van der Waals surface area contributed by atoms with Gasteiger partial charge in [-0.3, -0.25) is 14.8 Å². The number of thiazole rings is 1. The minimum absolute atomic E-state index is 0.0624. The van der Waals surface area contributed by atoms with Crippen LogP contribution in [0.25, 0.3) is 10.8 Å². The number of rotatable bonds is 7. The quantitative estimate of drug-likeness (QED) is 0.602. The third kappa shape index (κ3) is 4.36. The van der Waals surface area contributed by atoms with Crippen LogP contribution in [-0.4, -0.2) is 57.7 Å². The molecule has 2 aromatic heterocycles. The molecule has 3 heterocycles. The number of hydrogen-bond acceptors (Lipinski definition) is 7. The molecule has 1 fully saturated rings. The number of ether oxygens (including phenoxy) is 1. The molecular formula is C21H26N6O2S. The molecule has 2 N–H and O–H groups in total. The second-order valence-electron chi connectivity index (χ2n) is 7.33. The Morgan fingerprint density at radius 2 is 2.10 bits per heavy atom. The number of aromatic nitrogens is 4. The number of H-pyrrole nitrogens is 1. The number of nitrogens with one attached hydrogen (secondary N) is 2. The number of piperidine rings is 1. The number of aromatic amines is 1. The van der Waals surface area contributed by atoms with E-state index in [0.29, 0.717) is 27.9 Å². The summed E-state index contributed by atoms with van der Waals surface area (Å²) >= 11 is 1.32. The molecule has 1 aliphatic heterocycles. The summed E-state index contributed by atoms with van der Waals surface area (Å²) in [5.74, 6) is 1.30. The molecule has 158 valence electrons. The summed E-state index contributed by atoms with van der Waals surface area (Å²) in [6.07, 6.45) is 5.04. The first-order chi connectivity index (χ1) is 14.7. The first-order valence-electron chi connectivity index (χ1n) is 10.2. The van der Waals surface area contributed by atoms with Gasteiger partial charge in [0, 0.05) is 12.1 Å². The molecule has 0 bridgehead atoms. The molecule has 0 aliphatic carbocycles. The third-order valence-electron chi connectivity index (χ3n) is 5.41. The number of carbonyl (C=O) groups is 1. The van der Waals surface area contributed by atoms with E-state index < -0.39 is 0 Å². The molecule has 30 heavy (non-hydrogen) atoms. The topological polar surface area (TPSA) is 96.0 Å². The van der Waals surface area contributed by atoms with Crippen LogP contribution in [0.15, 0.2) is 30.6 Å². The molecule has 1 aliphatic rings. The van der Waals surface area contributed by atoms with Crippen molar-refractivity contribution in [3.05, 3.63) is 46.7 Å². The van der Waals surface area contributed by atoms with E-state index in [1.165, 1.54) is 36.9 Å². The van der Waals surface area contributed by atoms with Gasteiger partial charge >= 0.3 is 0 Å². The Balaban J connectivity index is 1.53. The van der Waals surface area contributed by atoms with E-state index in [-0.39, 0.29) is 11.9 Å². The Kier molecular flexibility index (Phi) is 6.39. The van der Waals surface area contributed by atoms with Gasteiger partial charge in [-0.25, -0.2) is 9.97 Å². The molecule has 8 nitrogen and oxygen atoms in total. The van der Waals surface area contributed by atoms with Gasteiger partial charge in [-0.2, -0.15) is 5.10 Å². The Hall–Kier alpha value is -2.78. The van der Waals surface area contributed by atoms with E-state index in [2.05, 4.69) is 36.4 Å². The predicted octanol–water partition coefficient (Wildman–Crippen LogP) is 3.20. The Morgan fingerprint density at radius 3 is 2.83 bits per heavy atom. The van der Waals surface area contributed by atoms with Crippen LogP contribution in [0.5, 0.6) is 5.75 Å². The summed E-state index contributed by atoms with van der Waals surface area (Å²) < 4.78 is 5.61. The van der Waals surface area contributed by atoms with Gasteiger partial charge in [-0.15, -0.1) is 11.3 Å². The van der Waals surface area contributed by atoms with Crippen molar-refractivity contribution >= 4 is 17.2 Å². The molecule has 0 spiro atoms. The average Bonchev–Trinajstić information content (AvgIpc) is 3.44. The van der Waals surface area contributed by atoms with Crippen LogP contribution in [0, 0.1) is 6.92 Å². The number of nitrogens with zero attached hydrogens (tertiary/aromatic N) is 4. The van der Waals surface area contributed by atoms with Crippen molar-refractivity contribution in [2.24, 2.45) is 0 Å². The first-order valence-corrected chi connectivity index (χ1v) is 11.0. The average molecular weight is 427 g/mol. The lowest BCUT2D eigenvalue weighted by molar-refractivity contribution is 0.0926. The highest BCUT2D eigenvalue weighted by Gasteiger charge is 2.26. The number of benzene rings is 1. The first kappa shape index (κ1) is 20.5. The van der Waals surface area contributed by atoms with E-state index in [9.17, 15) is 4.79 Å². The maximum absolute atomic E-state index is 13.0. The third-order valence-corrected chi connectivity index (χ3v) is 6.57. The van der Waals surface area contributed by atoms with E-state index >= 15 is 0 Å². The number of likely N-dealkylation sites (tertiary alicyclic amines) is 1. The second kappa shape index (κ2) is 9.36. The van der Waals surface area contributed by atoms with Gasteiger partial charge in [-0.05, 0) is 38.9 Å². The van der Waals surface area contributed by atoms with Crippen molar-refractivity contribution in [1.82, 2.24) is 30.4 Å². The van der Waals surface area contributed by atoms with Gasteiger partial charge < -0.3 is 10.1 Å². The molecule has 1 saturated heterocycles. The maximum Gasteiger partial charge on any atom is 0.263 e. The molecule has 9 heteroatoms. The van der Waals surface area contributed by atoms with Gasteiger partial charge in [0.25, 0.3) is 5.91 Å². The predicted molar refractivity (Wildman–Crippen MR) is 116 cm³/mol. The largest absolute Gasteiger partial charge is 0.496 e. The van der Waals surface area contributed by atoms with Crippen LogP contribution in [0.1, 0.15) is 46.2 Å². The summed E-state index contributed by atoms with van der Waals surface area (Å²) in [6, 6.07) is 8.12. The molecule has 3 aromatic rings. The van der Waals surface area contributed by atoms with Gasteiger partial charge in [0.1, 0.15) is 17.0 Å². The monoisotopic (exact) mass is 426 g/mol. The van der Waals surface area contributed by atoms with Crippen LogP contribution >= 0.6 is 11.3 Å². The zero-order valence-corrected chi connectivity index (χ0v) is 18.0. The highest BCUT2D eigenvalue weighted by Crippen LogP contribution is 2.31. The van der Waals surface area contributed by atoms with Crippen molar-refractivity contribution in [2.75, 3.05) is 26.7 Å². The normalized spacial score (nSPS) is 15.7. The van der Waals surface area contributed by atoms with Crippen LogP contribution < -0.4 is 10.1 Å². The van der Waals surface area contributed by atoms with Crippen LogP contribution in [0.4, 0.5) is 0 Å². The van der Waals surface area contributed by atoms with Gasteiger partial charge in [0.05, 0.1) is 18.8 Å². The van der Waals surface area contributed by atoms with Gasteiger partial charge in [0.2, 0.25) is 0 Å². The molecule has 1 aromatic carbocycles. The lowest BCUT2D eigenvalue weighted by atomic mass is 10.0. The molecule has 1 unspecified atom stereocenters. The van der Waals surface area contributed by atoms with Gasteiger partial charge in [-0.1, -0.05) is 24.6 Å². The summed E-state index contributed by atoms with van der Waals surface area (Å²) in [7, 11) is 1.69. The smallest absolute Gasteiger partial charge is 0.263 e. The van der Waals surface area contributed by atoms with Crippen molar-refractivity contribution in [2.45, 2.75) is 32.2 Å². The molecule has 4 rings (SSSR count). The fourth-order valence-corrected chi connectivity index (χ4v) is 4.82.